The van der Waals surface area contributed by atoms with E-state index in [0.29, 0.717) is 12.0 Å². The van der Waals surface area contributed by atoms with Gasteiger partial charge in [-0.3, -0.25) is 0 Å². The Labute approximate surface area is 126 Å². The third-order valence-corrected chi connectivity index (χ3v) is 3.55. The van der Waals surface area contributed by atoms with Crippen LogP contribution in [0.3, 0.4) is 0 Å². The van der Waals surface area contributed by atoms with Gasteiger partial charge in [-0.1, -0.05) is 65.7 Å². The van der Waals surface area contributed by atoms with E-state index < -0.39 is 0 Å². The van der Waals surface area contributed by atoms with Gasteiger partial charge in [0, 0.05) is 5.57 Å². The molecular weight excluding hydrogens is 259 g/mol. The third-order valence-electron chi connectivity index (χ3n) is 3.55. The Morgan fingerprint density at radius 2 is 1.43 bits per heavy atom. The molecule has 0 aliphatic heterocycles. The van der Waals surface area contributed by atoms with Crippen molar-refractivity contribution in [3.63, 3.8) is 0 Å². The van der Waals surface area contributed by atoms with E-state index in [1.807, 2.05) is 56.3 Å². The summed E-state index contributed by atoms with van der Waals surface area (Å²) in [5.41, 5.74) is 5.09. The fourth-order valence-corrected chi connectivity index (χ4v) is 2.22. The van der Waals surface area contributed by atoms with Crippen molar-refractivity contribution in [2.75, 3.05) is 0 Å². The van der Waals surface area contributed by atoms with Gasteiger partial charge in [-0.25, -0.2) is 4.39 Å². The van der Waals surface area contributed by atoms with Crippen LogP contribution in [0.15, 0.2) is 66.5 Å². The average molecular weight is 280 g/mol. The summed E-state index contributed by atoms with van der Waals surface area (Å²) in [7, 11) is 0. The molecule has 0 unspecified atom stereocenters. The summed E-state index contributed by atoms with van der Waals surface area (Å²) in [5.74, 6) is -0.165. The summed E-state index contributed by atoms with van der Waals surface area (Å²) in [4.78, 5) is 0. The van der Waals surface area contributed by atoms with Crippen LogP contribution in [0.25, 0.3) is 5.57 Å². The molecular formula is C20H21F. The van der Waals surface area contributed by atoms with Gasteiger partial charge in [0.1, 0.15) is 5.83 Å². The Kier molecular flexibility index (Phi) is 5.10. The number of benzene rings is 2. The van der Waals surface area contributed by atoms with E-state index in [2.05, 4.69) is 19.1 Å². The van der Waals surface area contributed by atoms with Gasteiger partial charge in [-0.15, -0.1) is 0 Å². The highest BCUT2D eigenvalue weighted by atomic mass is 19.1. The van der Waals surface area contributed by atoms with Gasteiger partial charge in [0.2, 0.25) is 0 Å². The molecule has 108 valence electrons. The van der Waals surface area contributed by atoms with E-state index >= 15 is 0 Å². The SMILES string of the molecule is C/C=C(\C(F)=C/Cc1ccc(C)cc1)c1ccc(C)cc1. The molecule has 0 aromatic heterocycles. The van der Waals surface area contributed by atoms with Crippen molar-refractivity contribution in [3.05, 3.63) is 88.8 Å². The number of aryl methyl sites for hydroxylation is 2. The molecule has 2 aromatic carbocycles. The zero-order valence-electron chi connectivity index (χ0n) is 12.9. The van der Waals surface area contributed by atoms with E-state index in [-0.39, 0.29) is 5.83 Å². The monoisotopic (exact) mass is 280 g/mol. The quantitative estimate of drug-likeness (QED) is 0.621. The maximum Gasteiger partial charge on any atom is 0.127 e. The number of hydrogen-bond donors (Lipinski definition) is 0. The van der Waals surface area contributed by atoms with Gasteiger partial charge in [0.25, 0.3) is 0 Å². The second-order valence-electron chi connectivity index (χ2n) is 5.31. The number of halogens is 1. The highest BCUT2D eigenvalue weighted by Crippen LogP contribution is 2.25. The largest absolute Gasteiger partial charge is 0.207 e. The Balaban J connectivity index is 2.16. The molecule has 0 radical (unpaired) electrons. The smallest absolute Gasteiger partial charge is 0.127 e. The Morgan fingerprint density at radius 1 is 0.905 bits per heavy atom. The van der Waals surface area contributed by atoms with Gasteiger partial charge in [-0.05, 0) is 44.4 Å². The number of rotatable bonds is 4. The van der Waals surface area contributed by atoms with E-state index in [1.54, 1.807) is 6.08 Å². The first-order valence-electron chi connectivity index (χ1n) is 7.25. The van der Waals surface area contributed by atoms with Crippen LogP contribution in [0.1, 0.15) is 29.2 Å². The van der Waals surface area contributed by atoms with Gasteiger partial charge in [-0.2, -0.15) is 0 Å². The molecule has 2 rings (SSSR count). The molecule has 1 heteroatoms. The summed E-state index contributed by atoms with van der Waals surface area (Å²) >= 11 is 0. The summed E-state index contributed by atoms with van der Waals surface area (Å²) in [5, 5.41) is 0. The van der Waals surface area contributed by atoms with Crippen LogP contribution in [-0.2, 0) is 6.42 Å². The van der Waals surface area contributed by atoms with E-state index in [0.717, 1.165) is 11.1 Å². The standard InChI is InChI=1S/C20H21F/c1-4-19(18-12-7-16(3)8-13-18)20(21)14-11-17-9-5-15(2)6-10-17/h4-10,12-14H,11H2,1-3H3/b19-4-,20-14+. The molecule has 0 aliphatic carbocycles. The molecule has 0 heterocycles. The first-order valence-corrected chi connectivity index (χ1v) is 7.25. The molecule has 0 saturated heterocycles. The fourth-order valence-electron chi connectivity index (χ4n) is 2.22. The third kappa shape index (κ3) is 4.16. The van der Waals surface area contributed by atoms with Crippen LogP contribution < -0.4 is 0 Å². The highest BCUT2D eigenvalue weighted by Gasteiger charge is 2.06. The van der Waals surface area contributed by atoms with Crippen LogP contribution in [0.2, 0.25) is 0 Å². The molecule has 0 aliphatic rings. The van der Waals surface area contributed by atoms with Crippen molar-refractivity contribution < 1.29 is 4.39 Å². The lowest BCUT2D eigenvalue weighted by molar-refractivity contribution is 0.669. The Bertz CT molecular complexity index is 643. The minimum Gasteiger partial charge on any atom is -0.207 e. The first kappa shape index (κ1) is 15.2. The van der Waals surface area contributed by atoms with Crippen molar-refractivity contribution >= 4 is 5.57 Å². The van der Waals surface area contributed by atoms with Crippen molar-refractivity contribution in [2.45, 2.75) is 27.2 Å². The van der Waals surface area contributed by atoms with Crippen LogP contribution in [-0.4, -0.2) is 0 Å². The maximum absolute atomic E-state index is 14.4. The molecule has 2 aromatic rings. The zero-order chi connectivity index (χ0) is 15.2. The molecule has 0 nitrogen and oxygen atoms in total. The average Bonchev–Trinajstić information content (AvgIpc) is 2.49. The number of hydrogen-bond acceptors (Lipinski definition) is 0. The van der Waals surface area contributed by atoms with E-state index in [4.69, 9.17) is 0 Å². The molecule has 0 saturated carbocycles. The lowest BCUT2D eigenvalue weighted by Gasteiger charge is -2.06. The summed E-state index contributed by atoms with van der Waals surface area (Å²) in [6, 6.07) is 16.1. The normalized spacial score (nSPS) is 12.6. The summed E-state index contributed by atoms with van der Waals surface area (Å²) < 4.78 is 14.4. The van der Waals surface area contributed by atoms with Gasteiger partial charge in [0.15, 0.2) is 0 Å². The summed E-state index contributed by atoms with van der Waals surface area (Å²) in [6.07, 6.45) is 4.08. The van der Waals surface area contributed by atoms with Crippen LogP contribution in [0, 0.1) is 13.8 Å². The van der Waals surface area contributed by atoms with E-state index in [9.17, 15) is 4.39 Å². The van der Waals surface area contributed by atoms with Gasteiger partial charge >= 0.3 is 0 Å². The summed E-state index contributed by atoms with van der Waals surface area (Å²) in [6.45, 7) is 5.95. The Hall–Kier alpha value is -2.15. The van der Waals surface area contributed by atoms with Gasteiger partial charge < -0.3 is 0 Å². The lowest BCUT2D eigenvalue weighted by Crippen LogP contribution is -1.88. The molecule has 21 heavy (non-hydrogen) atoms. The molecule has 0 atom stereocenters. The molecule has 0 bridgehead atoms. The second-order valence-corrected chi connectivity index (χ2v) is 5.31. The minimum absolute atomic E-state index is 0.165. The van der Waals surface area contributed by atoms with E-state index in [1.165, 1.54) is 11.1 Å². The molecule has 0 N–H and O–H groups in total. The minimum atomic E-state index is -0.165. The van der Waals surface area contributed by atoms with Crippen LogP contribution >= 0.6 is 0 Å². The highest BCUT2D eigenvalue weighted by molar-refractivity contribution is 5.76. The van der Waals surface area contributed by atoms with Crippen molar-refractivity contribution in [1.29, 1.82) is 0 Å². The topological polar surface area (TPSA) is 0 Å². The zero-order valence-corrected chi connectivity index (χ0v) is 12.9. The Morgan fingerprint density at radius 3 is 1.95 bits per heavy atom. The first-order chi connectivity index (χ1) is 10.1. The predicted octanol–water partition coefficient (Wildman–Crippen LogP) is 5.80. The molecule has 0 fully saturated rings. The van der Waals surface area contributed by atoms with Crippen molar-refractivity contribution in [1.82, 2.24) is 0 Å². The van der Waals surface area contributed by atoms with Crippen molar-refractivity contribution in [3.8, 4) is 0 Å². The second kappa shape index (κ2) is 7.03. The van der Waals surface area contributed by atoms with Crippen LogP contribution in [0.5, 0.6) is 0 Å². The molecule has 0 amide bonds. The predicted molar refractivity (Wildman–Crippen MR) is 88.9 cm³/mol. The maximum atomic E-state index is 14.4. The van der Waals surface area contributed by atoms with Gasteiger partial charge in [0.05, 0.1) is 0 Å². The molecule has 0 spiro atoms. The number of allylic oxidation sites excluding steroid dienone is 4. The van der Waals surface area contributed by atoms with Crippen LogP contribution in [0.4, 0.5) is 4.39 Å². The van der Waals surface area contributed by atoms with Crippen molar-refractivity contribution in [2.24, 2.45) is 0 Å². The fraction of sp³-hybridized carbons (Fsp3) is 0.200. The lowest BCUT2D eigenvalue weighted by atomic mass is 10.0.